The molecule has 0 N–H and O–H groups in total. The molecule has 1 spiro atoms. The van der Waals surface area contributed by atoms with E-state index in [1.165, 1.54) is 37.8 Å². The van der Waals surface area contributed by atoms with Gasteiger partial charge in [0.2, 0.25) is 0 Å². The fourth-order valence-corrected chi connectivity index (χ4v) is 4.36. The number of hydrogen-bond donors (Lipinski definition) is 0. The molecule has 3 heteroatoms. The standard InChI is InChI=1S/C13H17NO2/c15-12-7-9-4-5-10-8-13(9,16-12)11-3-1-2-6-14(10)11/h7,10-11H,1-6,8H2. The van der Waals surface area contributed by atoms with Gasteiger partial charge in [0.15, 0.2) is 5.60 Å². The highest BCUT2D eigenvalue weighted by Crippen LogP contribution is 2.53. The van der Waals surface area contributed by atoms with Crippen LogP contribution in [-0.2, 0) is 9.53 Å². The van der Waals surface area contributed by atoms with Crippen molar-refractivity contribution in [3.05, 3.63) is 11.6 Å². The molecular formula is C13H17NO2. The van der Waals surface area contributed by atoms with Crippen LogP contribution in [-0.4, -0.2) is 35.1 Å². The molecule has 16 heavy (non-hydrogen) atoms. The number of hydrogen-bond acceptors (Lipinski definition) is 3. The minimum Gasteiger partial charge on any atom is -0.450 e. The lowest BCUT2D eigenvalue weighted by molar-refractivity contribution is -0.148. The molecule has 3 unspecified atom stereocenters. The van der Waals surface area contributed by atoms with Gasteiger partial charge in [-0.25, -0.2) is 4.79 Å². The fourth-order valence-electron chi connectivity index (χ4n) is 4.36. The Morgan fingerprint density at radius 3 is 3.25 bits per heavy atom. The molecule has 0 aromatic rings. The molecule has 3 aliphatic heterocycles. The van der Waals surface area contributed by atoms with Crippen molar-refractivity contribution in [2.75, 3.05) is 6.54 Å². The van der Waals surface area contributed by atoms with Crippen LogP contribution in [0.5, 0.6) is 0 Å². The molecule has 2 bridgehead atoms. The molecule has 2 saturated heterocycles. The van der Waals surface area contributed by atoms with Crippen molar-refractivity contribution >= 4 is 5.97 Å². The van der Waals surface area contributed by atoms with Gasteiger partial charge in [-0.2, -0.15) is 0 Å². The lowest BCUT2D eigenvalue weighted by Gasteiger charge is -2.38. The van der Waals surface area contributed by atoms with E-state index in [1.54, 1.807) is 6.08 Å². The van der Waals surface area contributed by atoms with Gasteiger partial charge in [0, 0.05) is 18.5 Å². The highest BCUT2D eigenvalue weighted by molar-refractivity contribution is 5.87. The summed E-state index contributed by atoms with van der Waals surface area (Å²) in [5.41, 5.74) is 1.10. The SMILES string of the molecule is O=C1C=C2CCC3CC2(O1)C1CCCCN31. The van der Waals surface area contributed by atoms with Crippen molar-refractivity contribution in [1.29, 1.82) is 0 Å². The second-order valence-electron chi connectivity index (χ2n) is 5.63. The van der Waals surface area contributed by atoms with E-state index in [2.05, 4.69) is 4.90 Å². The summed E-state index contributed by atoms with van der Waals surface area (Å²) in [5, 5.41) is 0. The van der Waals surface area contributed by atoms with Crippen molar-refractivity contribution in [1.82, 2.24) is 4.90 Å². The minimum atomic E-state index is -0.194. The van der Waals surface area contributed by atoms with Crippen molar-refractivity contribution in [2.45, 2.75) is 56.2 Å². The van der Waals surface area contributed by atoms with E-state index in [0.717, 1.165) is 12.8 Å². The molecule has 3 nitrogen and oxygen atoms in total. The summed E-state index contributed by atoms with van der Waals surface area (Å²) in [6, 6.07) is 1.17. The third-order valence-electron chi connectivity index (χ3n) is 4.96. The van der Waals surface area contributed by atoms with Crippen LogP contribution in [0.2, 0.25) is 0 Å². The Morgan fingerprint density at radius 1 is 1.38 bits per heavy atom. The smallest absolute Gasteiger partial charge is 0.331 e. The third kappa shape index (κ3) is 0.956. The fraction of sp³-hybridized carbons (Fsp3) is 0.769. The maximum absolute atomic E-state index is 11.5. The van der Waals surface area contributed by atoms with Gasteiger partial charge in [-0.15, -0.1) is 0 Å². The normalized spacial score (nSPS) is 46.0. The van der Waals surface area contributed by atoms with Crippen molar-refractivity contribution in [2.24, 2.45) is 0 Å². The Labute approximate surface area is 95.4 Å². The van der Waals surface area contributed by atoms with Crippen LogP contribution in [0, 0.1) is 0 Å². The number of ether oxygens (including phenoxy) is 1. The molecule has 1 saturated carbocycles. The molecule has 3 heterocycles. The van der Waals surface area contributed by atoms with Gasteiger partial charge in [0.05, 0.1) is 6.04 Å². The molecule has 0 aromatic heterocycles. The van der Waals surface area contributed by atoms with Crippen LogP contribution in [0.3, 0.4) is 0 Å². The lowest BCUT2D eigenvalue weighted by Crippen LogP contribution is -2.48. The second-order valence-corrected chi connectivity index (χ2v) is 5.63. The van der Waals surface area contributed by atoms with E-state index in [9.17, 15) is 4.79 Å². The largest absolute Gasteiger partial charge is 0.450 e. The lowest BCUT2D eigenvalue weighted by atomic mass is 9.77. The van der Waals surface area contributed by atoms with Gasteiger partial charge in [-0.3, -0.25) is 4.90 Å². The van der Waals surface area contributed by atoms with Crippen molar-refractivity contribution in [3.63, 3.8) is 0 Å². The zero-order valence-electron chi connectivity index (χ0n) is 9.45. The molecule has 3 atom stereocenters. The maximum Gasteiger partial charge on any atom is 0.331 e. The zero-order chi connectivity index (χ0) is 10.8. The van der Waals surface area contributed by atoms with Crippen LogP contribution < -0.4 is 0 Å². The van der Waals surface area contributed by atoms with Crippen LogP contribution in [0.25, 0.3) is 0 Å². The molecule has 0 aromatic carbocycles. The summed E-state index contributed by atoms with van der Waals surface area (Å²) in [7, 11) is 0. The van der Waals surface area contributed by atoms with Gasteiger partial charge < -0.3 is 4.74 Å². The predicted molar refractivity (Wildman–Crippen MR) is 58.9 cm³/mol. The molecule has 4 aliphatic rings. The van der Waals surface area contributed by atoms with Crippen LogP contribution >= 0.6 is 0 Å². The molecule has 4 rings (SSSR count). The van der Waals surface area contributed by atoms with Crippen molar-refractivity contribution in [3.8, 4) is 0 Å². The molecule has 86 valence electrons. The number of piperidine rings is 1. The monoisotopic (exact) mass is 219 g/mol. The Bertz CT molecular complexity index is 389. The van der Waals surface area contributed by atoms with Gasteiger partial charge in [0.1, 0.15) is 0 Å². The van der Waals surface area contributed by atoms with E-state index in [1.807, 2.05) is 0 Å². The van der Waals surface area contributed by atoms with E-state index in [0.29, 0.717) is 12.1 Å². The maximum atomic E-state index is 11.5. The Balaban J connectivity index is 1.80. The number of esters is 1. The first-order valence-corrected chi connectivity index (χ1v) is 6.49. The topological polar surface area (TPSA) is 29.5 Å². The van der Waals surface area contributed by atoms with Crippen molar-refractivity contribution < 1.29 is 9.53 Å². The van der Waals surface area contributed by atoms with E-state index in [-0.39, 0.29) is 11.6 Å². The number of carbonyl (C=O) groups excluding carboxylic acids is 1. The molecule has 1 aliphatic carbocycles. The number of rotatable bonds is 0. The Morgan fingerprint density at radius 2 is 2.31 bits per heavy atom. The highest BCUT2D eigenvalue weighted by atomic mass is 16.6. The molecule has 3 fully saturated rings. The quantitative estimate of drug-likeness (QED) is 0.580. The van der Waals surface area contributed by atoms with Gasteiger partial charge in [0.25, 0.3) is 0 Å². The third-order valence-corrected chi connectivity index (χ3v) is 4.96. The Hall–Kier alpha value is -0.830. The highest BCUT2D eigenvalue weighted by Gasteiger charge is 2.61. The van der Waals surface area contributed by atoms with E-state index >= 15 is 0 Å². The van der Waals surface area contributed by atoms with E-state index < -0.39 is 0 Å². The first-order valence-electron chi connectivity index (χ1n) is 6.49. The second kappa shape index (κ2) is 2.89. The number of fused-ring (bicyclic) bond motifs is 3. The summed E-state index contributed by atoms with van der Waals surface area (Å²) in [5.74, 6) is -0.0944. The first-order chi connectivity index (χ1) is 7.79. The number of nitrogens with zero attached hydrogens (tertiary/aromatic N) is 1. The minimum absolute atomic E-state index is 0.0944. The summed E-state index contributed by atoms with van der Waals surface area (Å²) >= 11 is 0. The average molecular weight is 219 g/mol. The summed E-state index contributed by atoms with van der Waals surface area (Å²) in [4.78, 5) is 14.2. The summed E-state index contributed by atoms with van der Waals surface area (Å²) < 4.78 is 5.74. The van der Waals surface area contributed by atoms with Crippen LogP contribution in [0.4, 0.5) is 0 Å². The summed E-state index contributed by atoms with van der Waals surface area (Å²) in [6.45, 7) is 1.21. The van der Waals surface area contributed by atoms with Gasteiger partial charge in [-0.05, 0) is 37.8 Å². The molecular weight excluding hydrogens is 202 g/mol. The molecule has 0 radical (unpaired) electrons. The summed E-state index contributed by atoms with van der Waals surface area (Å²) in [6.07, 6.45) is 8.95. The zero-order valence-corrected chi connectivity index (χ0v) is 9.45. The van der Waals surface area contributed by atoms with Crippen LogP contribution in [0.15, 0.2) is 11.6 Å². The molecule has 0 amide bonds. The first kappa shape index (κ1) is 9.23. The number of carbonyl (C=O) groups is 1. The van der Waals surface area contributed by atoms with Gasteiger partial charge in [-0.1, -0.05) is 6.42 Å². The van der Waals surface area contributed by atoms with E-state index in [4.69, 9.17) is 4.74 Å². The predicted octanol–water partition coefficient (Wildman–Crippen LogP) is 1.63. The van der Waals surface area contributed by atoms with Gasteiger partial charge >= 0.3 is 5.97 Å². The van der Waals surface area contributed by atoms with Crippen LogP contribution in [0.1, 0.15) is 38.5 Å². The average Bonchev–Trinajstić information content (AvgIpc) is 2.76. The Kier molecular flexibility index (Phi) is 1.67.